The van der Waals surface area contributed by atoms with Gasteiger partial charge in [0.2, 0.25) is 5.82 Å². The van der Waals surface area contributed by atoms with E-state index in [4.69, 9.17) is 4.74 Å². The standard InChI is InChI=1S/C23H24F4N2O4/c1-5-16(30)15-10-12(8-9-28-15)29-21(31)20-17(11(2)23(3,4)33-20)13-6-7-14(24)18(25)19(13)32-22(26)27/h6-11,17,20,22H,5H2,1-4H3,(H,28,29,31)/t11-,17+,20-/m0/s1. The average Bonchev–Trinajstić information content (AvgIpc) is 3.00. The molecule has 3 atom stereocenters. The molecule has 2 aromatic rings. The summed E-state index contributed by atoms with van der Waals surface area (Å²) in [6.07, 6.45) is 0.355. The summed E-state index contributed by atoms with van der Waals surface area (Å²) in [5, 5.41) is 2.63. The van der Waals surface area contributed by atoms with Gasteiger partial charge in [0.25, 0.3) is 5.91 Å². The quantitative estimate of drug-likeness (QED) is 0.453. The summed E-state index contributed by atoms with van der Waals surface area (Å²) < 4.78 is 64.4. The molecule has 1 aromatic heterocycles. The van der Waals surface area contributed by atoms with Crippen molar-refractivity contribution < 1.29 is 36.6 Å². The van der Waals surface area contributed by atoms with Crippen LogP contribution >= 0.6 is 0 Å². The van der Waals surface area contributed by atoms with E-state index in [0.717, 1.165) is 12.1 Å². The number of pyridine rings is 1. The van der Waals surface area contributed by atoms with E-state index in [-0.39, 0.29) is 29.1 Å². The van der Waals surface area contributed by atoms with Crippen LogP contribution in [-0.2, 0) is 9.53 Å². The molecule has 33 heavy (non-hydrogen) atoms. The number of ketones is 1. The van der Waals surface area contributed by atoms with E-state index in [9.17, 15) is 27.2 Å². The molecule has 1 N–H and O–H groups in total. The zero-order valence-corrected chi connectivity index (χ0v) is 18.5. The number of nitrogens with zero attached hydrogens (tertiary/aromatic N) is 1. The molecule has 1 aromatic carbocycles. The van der Waals surface area contributed by atoms with Crippen molar-refractivity contribution >= 4 is 17.4 Å². The number of rotatable bonds is 7. The lowest BCUT2D eigenvalue weighted by molar-refractivity contribution is -0.131. The molecule has 1 fully saturated rings. The second-order valence-electron chi connectivity index (χ2n) is 8.31. The number of Topliss-reactive ketones (excluding diaryl/α,β-unsaturated/α-hetero) is 1. The molecule has 1 aliphatic heterocycles. The summed E-state index contributed by atoms with van der Waals surface area (Å²) in [7, 11) is 0. The third-order valence-corrected chi connectivity index (χ3v) is 5.93. The Balaban J connectivity index is 1.99. The monoisotopic (exact) mass is 468 g/mol. The molecular weight excluding hydrogens is 444 g/mol. The highest BCUT2D eigenvalue weighted by Crippen LogP contribution is 2.49. The van der Waals surface area contributed by atoms with Crippen LogP contribution in [0.4, 0.5) is 23.2 Å². The van der Waals surface area contributed by atoms with Crippen molar-refractivity contribution in [3.05, 3.63) is 53.4 Å². The Kier molecular flexibility index (Phi) is 7.06. The number of alkyl halides is 2. The van der Waals surface area contributed by atoms with Crippen LogP contribution in [0.3, 0.4) is 0 Å². The number of hydrogen-bond donors (Lipinski definition) is 1. The minimum Gasteiger partial charge on any atom is -0.431 e. The lowest BCUT2D eigenvalue weighted by Gasteiger charge is -2.26. The molecule has 0 spiro atoms. The Bertz CT molecular complexity index is 1060. The first-order valence-corrected chi connectivity index (χ1v) is 10.4. The lowest BCUT2D eigenvalue weighted by Crippen LogP contribution is -2.33. The normalized spacial score (nSPS) is 21.8. The van der Waals surface area contributed by atoms with E-state index in [1.54, 1.807) is 27.7 Å². The topological polar surface area (TPSA) is 77.5 Å². The number of carbonyl (C=O) groups is 2. The Morgan fingerprint density at radius 2 is 1.94 bits per heavy atom. The molecule has 0 bridgehead atoms. The fourth-order valence-corrected chi connectivity index (χ4v) is 3.93. The van der Waals surface area contributed by atoms with E-state index < -0.39 is 53.4 Å². The summed E-state index contributed by atoms with van der Waals surface area (Å²) in [5.74, 6) is -6.14. The molecule has 1 aliphatic rings. The molecular formula is C23H24F4N2O4. The van der Waals surface area contributed by atoms with Crippen molar-refractivity contribution in [1.82, 2.24) is 4.98 Å². The fourth-order valence-electron chi connectivity index (χ4n) is 3.93. The van der Waals surface area contributed by atoms with Crippen molar-refractivity contribution in [3.63, 3.8) is 0 Å². The maximum Gasteiger partial charge on any atom is 0.387 e. The van der Waals surface area contributed by atoms with E-state index in [1.165, 1.54) is 18.3 Å². The van der Waals surface area contributed by atoms with Crippen molar-refractivity contribution in [2.45, 2.75) is 58.4 Å². The van der Waals surface area contributed by atoms with Gasteiger partial charge in [0.05, 0.1) is 5.60 Å². The van der Waals surface area contributed by atoms with Crippen molar-refractivity contribution in [3.8, 4) is 5.75 Å². The van der Waals surface area contributed by atoms with Crippen LogP contribution < -0.4 is 10.1 Å². The van der Waals surface area contributed by atoms with Gasteiger partial charge in [-0.2, -0.15) is 13.2 Å². The molecule has 1 saturated heterocycles. The van der Waals surface area contributed by atoms with Crippen LogP contribution in [0.25, 0.3) is 0 Å². The van der Waals surface area contributed by atoms with Crippen LogP contribution in [0.5, 0.6) is 5.75 Å². The predicted molar refractivity (Wildman–Crippen MR) is 111 cm³/mol. The molecule has 0 unspecified atom stereocenters. The first-order valence-electron chi connectivity index (χ1n) is 10.4. The number of nitrogens with one attached hydrogen (secondary N) is 1. The molecule has 0 saturated carbocycles. The number of benzene rings is 1. The van der Waals surface area contributed by atoms with Gasteiger partial charge >= 0.3 is 6.61 Å². The molecule has 0 radical (unpaired) electrons. The summed E-state index contributed by atoms with van der Waals surface area (Å²) in [6.45, 7) is 3.41. The Labute approximate surface area is 188 Å². The van der Waals surface area contributed by atoms with Crippen LogP contribution in [0.1, 0.15) is 56.1 Å². The van der Waals surface area contributed by atoms with Gasteiger partial charge in [0.1, 0.15) is 11.8 Å². The van der Waals surface area contributed by atoms with E-state index in [2.05, 4.69) is 15.0 Å². The van der Waals surface area contributed by atoms with Crippen molar-refractivity contribution in [2.75, 3.05) is 5.32 Å². The average molecular weight is 468 g/mol. The van der Waals surface area contributed by atoms with Crippen molar-refractivity contribution in [2.24, 2.45) is 5.92 Å². The second kappa shape index (κ2) is 9.46. The number of hydrogen-bond acceptors (Lipinski definition) is 5. The zero-order valence-electron chi connectivity index (χ0n) is 18.5. The van der Waals surface area contributed by atoms with Crippen molar-refractivity contribution in [1.29, 1.82) is 0 Å². The van der Waals surface area contributed by atoms with Crippen LogP contribution in [0.15, 0.2) is 30.5 Å². The van der Waals surface area contributed by atoms with Gasteiger partial charge in [0, 0.05) is 29.8 Å². The maximum absolute atomic E-state index is 14.4. The zero-order chi connectivity index (χ0) is 24.5. The highest BCUT2D eigenvalue weighted by atomic mass is 19.3. The highest BCUT2D eigenvalue weighted by molar-refractivity contribution is 5.98. The number of aromatic nitrogens is 1. The largest absolute Gasteiger partial charge is 0.431 e. The van der Waals surface area contributed by atoms with E-state index in [1.807, 2.05) is 0 Å². The van der Waals surface area contributed by atoms with Crippen LogP contribution in [0, 0.1) is 17.6 Å². The number of anilines is 1. The summed E-state index contributed by atoms with van der Waals surface area (Å²) in [6, 6.07) is 4.80. The number of ether oxygens (including phenoxy) is 2. The van der Waals surface area contributed by atoms with Crippen LogP contribution in [-0.4, -0.2) is 35.0 Å². The van der Waals surface area contributed by atoms with E-state index in [0.29, 0.717) is 0 Å². The minimum absolute atomic E-state index is 0.107. The van der Waals surface area contributed by atoms with Crippen LogP contribution in [0.2, 0.25) is 0 Å². The first kappa shape index (κ1) is 24.6. The number of amides is 1. The molecule has 2 heterocycles. The Morgan fingerprint density at radius 1 is 1.24 bits per heavy atom. The maximum atomic E-state index is 14.4. The first-order chi connectivity index (χ1) is 15.5. The Morgan fingerprint density at radius 3 is 2.58 bits per heavy atom. The van der Waals surface area contributed by atoms with E-state index >= 15 is 0 Å². The van der Waals surface area contributed by atoms with Gasteiger partial charge in [-0.05, 0) is 38.0 Å². The molecule has 1 amide bonds. The summed E-state index contributed by atoms with van der Waals surface area (Å²) in [4.78, 5) is 29.1. The van der Waals surface area contributed by atoms with Gasteiger partial charge < -0.3 is 14.8 Å². The summed E-state index contributed by atoms with van der Waals surface area (Å²) in [5.41, 5.74) is -0.563. The third kappa shape index (κ3) is 5.00. The van der Waals surface area contributed by atoms with Gasteiger partial charge in [0.15, 0.2) is 17.3 Å². The smallest absolute Gasteiger partial charge is 0.387 e. The fraction of sp³-hybridized carbons (Fsp3) is 0.435. The third-order valence-electron chi connectivity index (χ3n) is 5.93. The van der Waals surface area contributed by atoms with Gasteiger partial charge in [-0.15, -0.1) is 0 Å². The highest BCUT2D eigenvalue weighted by Gasteiger charge is 2.51. The predicted octanol–water partition coefficient (Wildman–Crippen LogP) is 5.09. The molecule has 10 heteroatoms. The second-order valence-corrected chi connectivity index (χ2v) is 8.31. The SMILES string of the molecule is CCC(=O)c1cc(NC(=O)[C@H]2OC(C)(C)[C@@H](C)[C@@H]2c2ccc(F)c(F)c2OC(F)F)ccn1. The molecule has 3 rings (SSSR count). The number of carbonyl (C=O) groups excluding carboxylic acids is 2. The molecule has 0 aliphatic carbocycles. The minimum atomic E-state index is -3.40. The number of halogens is 4. The Hall–Kier alpha value is -3.01. The van der Waals surface area contributed by atoms with Gasteiger partial charge in [-0.3, -0.25) is 14.6 Å². The van der Waals surface area contributed by atoms with Gasteiger partial charge in [-0.25, -0.2) is 4.39 Å². The molecule has 178 valence electrons. The molecule has 6 nitrogen and oxygen atoms in total. The summed E-state index contributed by atoms with van der Waals surface area (Å²) >= 11 is 0. The van der Waals surface area contributed by atoms with Gasteiger partial charge in [-0.1, -0.05) is 19.9 Å². The lowest BCUT2D eigenvalue weighted by atomic mass is 9.78.